The SMILES string of the molecule is Cc1cc(Br)cc2c(C(=O)OC(C)C(=O)c3ccccc3)cc(-c3ccc(N4C(=O)C5C6C=CC(C6)C5C4=O)cc3)nc12. The number of esters is 1. The number of hydrogen-bond donors (Lipinski definition) is 0. The monoisotopic (exact) mass is 634 g/mol. The van der Waals surface area contributed by atoms with Gasteiger partial charge in [-0.05, 0) is 68.0 Å². The number of pyridine rings is 1. The Kier molecular flexibility index (Phi) is 6.62. The van der Waals surface area contributed by atoms with Crippen LogP contribution in [-0.4, -0.2) is 34.7 Å². The van der Waals surface area contributed by atoms with Crippen LogP contribution in [0.2, 0.25) is 0 Å². The molecule has 2 amide bonds. The Labute approximate surface area is 256 Å². The number of carbonyl (C=O) groups excluding carboxylic acids is 4. The normalized spacial score (nSPS) is 22.7. The number of halogens is 1. The molecule has 0 N–H and O–H groups in total. The van der Waals surface area contributed by atoms with Gasteiger partial charge in [0.15, 0.2) is 6.10 Å². The number of fused-ring (bicyclic) bond motifs is 6. The van der Waals surface area contributed by atoms with Gasteiger partial charge in [-0.25, -0.2) is 9.78 Å². The van der Waals surface area contributed by atoms with Crippen molar-refractivity contribution in [2.45, 2.75) is 26.4 Å². The number of ketones is 1. The molecule has 8 heteroatoms. The van der Waals surface area contributed by atoms with Crippen LogP contribution in [0.15, 0.2) is 89.4 Å². The highest BCUT2D eigenvalue weighted by molar-refractivity contribution is 9.10. The molecule has 5 unspecified atom stereocenters. The fourth-order valence-electron chi connectivity index (χ4n) is 6.83. The summed E-state index contributed by atoms with van der Waals surface area (Å²) in [7, 11) is 0. The first-order valence-electron chi connectivity index (χ1n) is 14.3. The first-order chi connectivity index (χ1) is 20.7. The van der Waals surface area contributed by atoms with E-state index >= 15 is 0 Å². The second kappa shape index (κ2) is 10.4. The minimum absolute atomic E-state index is 0.131. The molecule has 4 aromatic rings. The summed E-state index contributed by atoms with van der Waals surface area (Å²) >= 11 is 3.52. The van der Waals surface area contributed by atoms with E-state index in [2.05, 4.69) is 28.1 Å². The molecule has 2 bridgehead atoms. The average molecular weight is 636 g/mol. The number of carbonyl (C=O) groups is 4. The Morgan fingerprint density at radius 1 is 0.930 bits per heavy atom. The topological polar surface area (TPSA) is 93.6 Å². The number of allylic oxidation sites excluding steroid dienone is 2. The zero-order valence-corrected chi connectivity index (χ0v) is 25.1. The van der Waals surface area contributed by atoms with Crippen LogP contribution in [0.5, 0.6) is 0 Å². The molecule has 1 saturated carbocycles. The number of aryl methyl sites for hydroxylation is 1. The molecule has 3 aliphatic rings. The van der Waals surface area contributed by atoms with Crippen LogP contribution in [0.25, 0.3) is 22.2 Å². The molecule has 5 atom stereocenters. The zero-order valence-electron chi connectivity index (χ0n) is 23.5. The first-order valence-corrected chi connectivity index (χ1v) is 15.1. The number of amides is 2. The van der Waals surface area contributed by atoms with Crippen LogP contribution in [0, 0.1) is 30.6 Å². The predicted octanol–water partition coefficient (Wildman–Crippen LogP) is 6.71. The van der Waals surface area contributed by atoms with Crippen LogP contribution in [0.1, 0.15) is 39.6 Å². The predicted molar refractivity (Wildman–Crippen MR) is 165 cm³/mol. The van der Waals surface area contributed by atoms with E-state index < -0.39 is 12.1 Å². The number of imide groups is 1. The Hall–Kier alpha value is -4.43. The van der Waals surface area contributed by atoms with E-state index in [9.17, 15) is 19.2 Å². The third kappa shape index (κ3) is 4.52. The zero-order chi connectivity index (χ0) is 30.0. The number of nitrogens with zero attached hydrogens (tertiary/aromatic N) is 2. The number of Topliss-reactive ketones (excluding diaryl/α,β-unsaturated/α-hetero) is 1. The molecule has 43 heavy (non-hydrogen) atoms. The van der Waals surface area contributed by atoms with Gasteiger partial charge in [-0.2, -0.15) is 0 Å². The van der Waals surface area contributed by atoms with Gasteiger partial charge in [-0.1, -0.05) is 70.5 Å². The van der Waals surface area contributed by atoms with Crippen molar-refractivity contribution in [1.29, 1.82) is 0 Å². The number of ether oxygens (including phenoxy) is 1. The quantitative estimate of drug-likeness (QED) is 0.101. The number of hydrogen-bond acceptors (Lipinski definition) is 6. The van der Waals surface area contributed by atoms with Crippen molar-refractivity contribution in [3.8, 4) is 11.3 Å². The fourth-order valence-corrected chi connectivity index (χ4v) is 7.40. The van der Waals surface area contributed by atoms with Crippen molar-refractivity contribution in [3.63, 3.8) is 0 Å². The van der Waals surface area contributed by atoms with Gasteiger partial charge in [0.2, 0.25) is 17.6 Å². The summed E-state index contributed by atoms with van der Waals surface area (Å²) in [6, 6.07) is 21.2. The second-order valence-electron chi connectivity index (χ2n) is 11.5. The lowest BCUT2D eigenvalue weighted by molar-refractivity contribution is -0.123. The highest BCUT2D eigenvalue weighted by Crippen LogP contribution is 2.53. The molecule has 3 aromatic carbocycles. The molecule has 7 nitrogen and oxygen atoms in total. The van der Waals surface area contributed by atoms with Gasteiger partial charge in [0, 0.05) is 21.0 Å². The van der Waals surface area contributed by atoms with Crippen LogP contribution in [-0.2, 0) is 14.3 Å². The second-order valence-corrected chi connectivity index (χ2v) is 12.4. The van der Waals surface area contributed by atoms with Crippen molar-refractivity contribution in [2.75, 3.05) is 4.90 Å². The third-order valence-corrected chi connectivity index (χ3v) is 9.35. The van der Waals surface area contributed by atoms with Gasteiger partial charge in [-0.3, -0.25) is 19.3 Å². The maximum absolute atomic E-state index is 13.6. The van der Waals surface area contributed by atoms with Crippen molar-refractivity contribution in [3.05, 3.63) is 106 Å². The molecule has 1 aromatic heterocycles. The molecular formula is C35H27BrN2O5. The largest absolute Gasteiger partial charge is 0.451 e. The smallest absolute Gasteiger partial charge is 0.339 e. The van der Waals surface area contributed by atoms with Gasteiger partial charge < -0.3 is 4.74 Å². The van der Waals surface area contributed by atoms with Crippen LogP contribution >= 0.6 is 15.9 Å². The number of aromatic nitrogens is 1. The first kappa shape index (κ1) is 27.4. The molecular weight excluding hydrogens is 608 g/mol. The summed E-state index contributed by atoms with van der Waals surface area (Å²) in [6.07, 6.45) is 4.05. The van der Waals surface area contributed by atoms with Crippen molar-refractivity contribution in [2.24, 2.45) is 23.7 Å². The summed E-state index contributed by atoms with van der Waals surface area (Å²) < 4.78 is 6.47. The molecule has 7 rings (SSSR count). The molecule has 1 saturated heterocycles. The van der Waals surface area contributed by atoms with Gasteiger partial charge in [0.25, 0.3) is 0 Å². The lowest BCUT2D eigenvalue weighted by atomic mass is 9.85. The summed E-state index contributed by atoms with van der Waals surface area (Å²) in [5.74, 6) is -1.44. The van der Waals surface area contributed by atoms with E-state index in [1.54, 1.807) is 61.5 Å². The lowest BCUT2D eigenvalue weighted by Crippen LogP contribution is -2.32. The van der Waals surface area contributed by atoms with E-state index in [4.69, 9.17) is 9.72 Å². The summed E-state index contributed by atoms with van der Waals surface area (Å²) in [5.41, 5.74) is 3.98. The lowest BCUT2D eigenvalue weighted by Gasteiger charge is -2.18. The highest BCUT2D eigenvalue weighted by atomic mass is 79.9. The standard InChI is InChI=1S/C35H27BrN2O5/c1-18-14-24(36)16-26-27(35(42)43-19(2)32(39)21-6-4-3-5-7-21)17-28(37-31(18)26)20-10-12-25(13-11-20)38-33(40)29-22-8-9-23(15-22)30(29)34(38)41/h3-14,16-17,19,22-23,29-30H,15H2,1-2H3. The fraction of sp³-hybridized carbons (Fsp3) is 0.229. The minimum atomic E-state index is -0.991. The van der Waals surface area contributed by atoms with E-state index in [1.165, 1.54) is 4.90 Å². The van der Waals surface area contributed by atoms with Crippen LogP contribution in [0.3, 0.4) is 0 Å². The maximum Gasteiger partial charge on any atom is 0.339 e. The van der Waals surface area contributed by atoms with Crippen LogP contribution in [0.4, 0.5) is 5.69 Å². The summed E-state index contributed by atoms with van der Waals surface area (Å²) in [4.78, 5) is 59.2. The van der Waals surface area contributed by atoms with Gasteiger partial charge >= 0.3 is 5.97 Å². The molecule has 214 valence electrons. The van der Waals surface area contributed by atoms with E-state index in [0.717, 1.165) is 16.5 Å². The van der Waals surface area contributed by atoms with Crippen molar-refractivity contribution in [1.82, 2.24) is 4.98 Å². The summed E-state index contributed by atoms with van der Waals surface area (Å²) in [5, 5.41) is 0.597. The van der Waals surface area contributed by atoms with E-state index in [0.29, 0.717) is 33.4 Å². The van der Waals surface area contributed by atoms with E-state index in [1.807, 2.05) is 25.1 Å². The molecule has 2 fully saturated rings. The Morgan fingerprint density at radius 3 is 2.23 bits per heavy atom. The van der Waals surface area contributed by atoms with Crippen molar-refractivity contribution < 1.29 is 23.9 Å². The molecule has 0 spiro atoms. The Bertz CT molecular complexity index is 1840. The third-order valence-electron chi connectivity index (χ3n) is 8.89. The van der Waals surface area contributed by atoms with Gasteiger partial charge in [0.05, 0.1) is 34.3 Å². The number of anilines is 1. The Balaban J connectivity index is 1.21. The van der Waals surface area contributed by atoms with Gasteiger partial charge in [-0.15, -0.1) is 0 Å². The molecule has 1 aliphatic heterocycles. The van der Waals surface area contributed by atoms with Crippen molar-refractivity contribution >= 4 is 56.1 Å². The highest BCUT2D eigenvalue weighted by Gasteiger charge is 2.59. The maximum atomic E-state index is 13.6. The summed E-state index contributed by atoms with van der Waals surface area (Å²) in [6.45, 7) is 3.47. The average Bonchev–Trinajstić information content (AvgIpc) is 3.70. The number of benzene rings is 3. The molecule has 0 radical (unpaired) electrons. The molecule has 2 heterocycles. The van der Waals surface area contributed by atoms with Crippen LogP contribution < -0.4 is 4.90 Å². The van der Waals surface area contributed by atoms with Gasteiger partial charge in [0.1, 0.15) is 0 Å². The minimum Gasteiger partial charge on any atom is -0.451 e. The number of rotatable bonds is 6. The Morgan fingerprint density at radius 2 is 1.58 bits per heavy atom. The van der Waals surface area contributed by atoms with E-state index in [-0.39, 0.29) is 46.8 Å². The molecule has 2 aliphatic carbocycles.